The Kier molecular flexibility index (Phi) is 9.63. The largest absolute Gasteiger partial charge is 0.416 e. The van der Waals surface area contributed by atoms with Crippen LogP contribution in [0.25, 0.3) is 11.3 Å². The van der Waals surface area contributed by atoms with E-state index < -0.39 is 58.3 Å². The highest BCUT2D eigenvalue weighted by atomic mass is 19.4. The fourth-order valence-corrected chi connectivity index (χ4v) is 4.87. The fourth-order valence-electron chi connectivity index (χ4n) is 4.87. The molecule has 4 N–H and O–H groups in total. The number of benzene rings is 4. The van der Waals surface area contributed by atoms with Crippen LogP contribution in [0.15, 0.2) is 97.1 Å². The average molecular weight is 769 g/mol. The van der Waals surface area contributed by atoms with Crippen LogP contribution >= 0.6 is 0 Å². The zero-order valence-electron chi connectivity index (χ0n) is 26.6. The van der Waals surface area contributed by atoms with E-state index in [4.69, 9.17) is 0 Å². The lowest BCUT2D eigenvalue weighted by Gasteiger charge is -2.17. The molecule has 0 atom stereocenters. The fraction of sp³-hybridized carbons (Fsp3) is 0.118. The van der Waals surface area contributed by atoms with Gasteiger partial charge in [0, 0.05) is 22.7 Å². The summed E-state index contributed by atoms with van der Waals surface area (Å²) in [6.07, 6.45) is -19.0. The summed E-state index contributed by atoms with van der Waals surface area (Å²) < 4.78 is 162. The van der Waals surface area contributed by atoms with Gasteiger partial charge in [-0.1, -0.05) is 24.3 Å². The summed E-state index contributed by atoms with van der Waals surface area (Å²) in [5.74, 6) is -1.51. The number of hydrogen-bond donors (Lipinski definition) is 4. The third kappa shape index (κ3) is 8.81. The van der Waals surface area contributed by atoms with Gasteiger partial charge >= 0.3 is 24.7 Å². The average Bonchev–Trinajstić information content (AvgIpc) is 3.08. The maximum absolute atomic E-state index is 13.5. The van der Waals surface area contributed by atoms with Gasteiger partial charge in [0.05, 0.1) is 22.3 Å². The molecule has 0 radical (unpaired) electrons. The molecule has 0 unspecified atom stereocenters. The van der Waals surface area contributed by atoms with Crippen LogP contribution in [0.3, 0.4) is 0 Å². The predicted octanol–water partition coefficient (Wildman–Crippen LogP) is 11.5. The molecule has 6 rings (SSSR count). The topological polar surface area (TPSA) is 99.7 Å². The van der Waals surface area contributed by atoms with E-state index in [0.717, 1.165) is 48.5 Å². The second-order valence-electron chi connectivity index (χ2n) is 11.3. The lowest BCUT2D eigenvalue weighted by molar-refractivity contribution is -0.138. The van der Waals surface area contributed by atoms with Gasteiger partial charge in [0.2, 0.25) is 11.3 Å². The molecule has 280 valence electrons. The molecule has 4 aromatic carbocycles. The first-order valence-corrected chi connectivity index (χ1v) is 15.1. The minimum absolute atomic E-state index is 0.191. The highest BCUT2D eigenvalue weighted by Crippen LogP contribution is 2.37. The number of nitrogens with zero attached hydrogens (tertiary/aromatic N) is 4. The molecule has 0 saturated heterocycles. The first-order valence-electron chi connectivity index (χ1n) is 15.1. The summed E-state index contributed by atoms with van der Waals surface area (Å²) in [4.78, 5) is 17.1. The summed E-state index contributed by atoms with van der Waals surface area (Å²) in [5.41, 5.74) is -5.82. The van der Waals surface area contributed by atoms with Crippen molar-refractivity contribution in [2.45, 2.75) is 24.7 Å². The Morgan fingerprint density at radius 2 is 0.519 bits per heavy atom. The van der Waals surface area contributed by atoms with E-state index in [0.29, 0.717) is 24.3 Å². The molecule has 0 bridgehead atoms. The predicted molar refractivity (Wildman–Crippen MR) is 174 cm³/mol. The Morgan fingerprint density at radius 3 is 0.704 bits per heavy atom. The highest BCUT2D eigenvalue weighted by Gasteiger charge is 2.33. The van der Waals surface area contributed by atoms with Gasteiger partial charge in [-0.05, 0) is 72.8 Å². The standard InChI is InChI=1S/C34H20F12N8/c35-31(36,37)17-5-1-9-21(13-17)47-25-26(48-22-10-2-6-18(14-22)32(38,39)40)52-30-29(51-25)53-27(49-23-11-3-7-19(15-23)33(41,42)43)28(54-30)50-24-12-4-8-20(16-24)34(44,45)46/h1-16H,(H2,47,49,51,53)(H2,48,50,52,54). The van der Waals surface area contributed by atoms with Crippen LogP contribution in [-0.4, -0.2) is 19.9 Å². The van der Waals surface area contributed by atoms with Crippen LogP contribution in [0.5, 0.6) is 0 Å². The van der Waals surface area contributed by atoms with Crippen molar-refractivity contribution in [3.05, 3.63) is 119 Å². The van der Waals surface area contributed by atoms with Crippen molar-refractivity contribution in [3.8, 4) is 0 Å². The number of nitrogens with one attached hydrogen (secondary N) is 4. The molecule has 0 amide bonds. The molecule has 2 aromatic heterocycles. The molecule has 2 heterocycles. The summed E-state index contributed by atoms with van der Waals surface area (Å²) in [6, 6.07) is 15.2. The Balaban J connectivity index is 1.51. The maximum Gasteiger partial charge on any atom is 0.416 e. The number of halogens is 12. The quantitative estimate of drug-likeness (QED) is 0.114. The third-order valence-electron chi connectivity index (χ3n) is 7.33. The van der Waals surface area contributed by atoms with Gasteiger partial charge in [0.25, 0.3) is 0 Å². The first kappa shape index (κ1) is 37.4. The van der Waals surface area contributed by atoms with Crippen molar-refractivity contribution in [2.24, 2.45) is 0 Å². The van der Waals surface area contributed by atoms with Crippen LogP contribution in [0, 0.1) is 0 Å². The molecule has 0 fully saturated rings. The Hall–Kier alpha value is -6.34. The number of aromatic nitrogens is 4. The molecule has 0 aliphatic rings. The number of alkyl halides is 12. The number of hydrogen-bond acceptors (Lipinski definition) is 8. The SMILES string of the molecule is FC(F)(F)c1cccc(Nc2nc3nc(Nc4cccc(C(F)(F)F)c4)c(Nc4cccc(C(F)(F)F)c4)nc3nc2Nc2cccc(C(F)(F)F)c2)c1. The molecule has 8 nitrogen and oxygen atoms in total. The van der Waals surface area contributed by atoms with Gasteiger partial charge in [0.1, 0.15) is 0 Å². The lowest BCUT2D eigenvalue weighted by Crippen LogP contribution is -2.10. The number of rotatable bonds is 8. The third-order valence-corrected chi connectivity index (χ3v) is 7.33. The van der Waals surface area contributed by atoms with Gasteiger partial charge in [0.15, 0.2) is 23.3 Å². The zero-order chi connectivity index (χ0) is 39.1. The number of fused-ring (bicyclic) bond motifs is 1. The summed E-state index contributed by atoms with van der Waals surface area (Å²) in [7, 11) is 0. The monoisotopic (exact) mass is 768 g/mol. The molecule has 20 heteroatoms. The van der Waals surface area contributed by atoms with E-state index in [-0.39, 0.29) is 46.0 Å². The van der Waals surface area contributed by atoms with Crippen LogP contribution in [0.4, 0.5) is 98.7 Å². The van der Waals surface area contributed by atoms with Crippen molar-refractivity contribution in [2.75, 3.05) is 21.3 Å². The summed E-state index contributed by atoms with van der Waals surface area (Å²) in [5, 5.41) is 10.5. The van der Waals surface area contributed by atoms with E-state index in [2.05, 4.69) is 41.2 Å². The van der Waals surface area contributed by atoms with E-state index in [1.807, 2.05) is 0 Å². The van der Waals surface area contributed by atoms with Crippen molar-refractivity contribution >= 4 is 57.3 Å². The van der Waals surface area contributed by atoms with E-state index in [1.165, 1.54) is 24.3 Å². The van der Waals surface area contributed by atoms with Crippen molar-refractivity contribution < 1.29 is 52.7 Å². The van der Waals surface area contributed by atoms with Gasteiger partial charge in [-0.15, -0.1) is 0 Å². The minimum Gasteiger partial charge on any atom is -0.337 e. The van der Waals surface area contributed by atoms with E-state index in [1.54, 1.807) is 0 Å². The van der Waals surface area contributed by atoms with Crippen molar-refractivity contribution in [1.29, 1.82) is 0 Å². The van der Waals surface area contributed by atoms with Gasteiger partial charge in [-0.25, -0.2) is 19.9 Å². The Labute approximate surface area is 295 Å². The maximum atomic E-state index is 13.5. The molecular formula is C34H20F12N8. The van der Waals surface area contributed by atoms with Crippen molar-refractivity contribution in [3.63, 3.8) is 0 Å². The Morgan fingerprint density at radius 1 is 0.315 bits per heavy atom. The van der Waals surface area contributed by atoms with Gasteiger partial charge < -0.3 is 21.3 Å². The normalized spacial score (nSPS) is 12.4. The second-order valence-corrected chi connectivity index (χ2v) is 11.3. The summed E-state index contributed by atoms with van der Waals surface area (Å²) >= 11 is 0. The molecule has 54 heavy (non-hydrogen) atoms. The second kappa shape index (κ2) is 13.9. The molecule has 0 aliphatic carbocycles. The molecule has 6 aromatic rings. The first-order chi connectivity index (χ1) is 25.2. The highest BCUT2D eigenvalue weighted by molar-refractivity contribution is 5.84. The summed E-state index contributed by atoms with van der Waals surface area (Å²) in [6.45, 7) is 0. The zero-order valence-corrected chi connectivity index (χ0v) is 26.6. The van der Waals surface area contributed by atoms with Crippen LogP contribution in [0.2, 0.25) is 0 Å². The van der Waals surface area contributed by atoms with E-state index >= 15 is 0 Å². The Bertz CT molecular complexity index is 2000. The van der Waals surface area contributed by atoms with E-state index in [9.17, 15) is 52.7 Å². The van der Waals surface area contributed by atoms with Crippen LogP contribution in [0.1, 0.15) is 22.3 Å². The molecule has 0 saturated carbocycles. The smallest absolute Gasteiger partial charge is 0.337 e. The lowest BCUT2D eigenvalue weighted by atomic mass is 10.2. The van der Waals surface area contributed by atoms with Gasteiger partial charge in [-0.2, -0.15) is 52.7 Å². The molecule has 0 aliphatic heterocycles. The van der Waals surface area contributed by atoms with Crippen molar-refractivity contribution in [1.82, 2.24) is 19.9 Å². The molecule has 0 spiro atoms. The van der Waals surface area contributed by atoms with Crippen LogP contribution in [-0.2, 0) is 24.7 Å². The van der Waals surface area contributed by atoms with Crippen LogP contribution < -0.4 is 21.3 Å². The van der Waals surface area contributed by atoms with Gasteiger partial charge in [-0.3, -0.25) is 0 Å². The minimum atomic E-state index is -4.76. The molecular weight excluding hydrogens is 748 g/mol. The number of anilines is 8.